The minimum Gasteiger partial charge on any atom is -0.277 e. The molecule has 1 heterocycles. The molecule has 0 unspecified atom stereocenters. The van der Waals surface area contributed by atoms with Gasteiger partial charge >= 0.3 is 0 Å². The van der Waals surface area contributed by atoms with Crippen molar-refractivity contribution >= 4 is 12.1 Å². The van der Waals surface area contributed by atoms with Crippen LogP contribution in [-0.2, 0) is 0 Å². The molecule has 0 fully saturated rings. The molecule has 22 heavy (non-hydrogen) atoms. The van der Waals surface area contributed by atoms with Crippen molar-refractivity contribution in [2.45, 2.75) is 0 Å². The zero-order valence-electron chi connectivity index (χ0n) is 11.7. The summed E-state index contributed by atoms with van der Waals surface area (Å²) in [5.41, 5.74) is 5.74. The maximum absolute atomic E-state index is 11.9. The summed E-state index contributed by atoms with van der Waals surface area (Å²) in [6.07, 6.45) is 3.24. The molecule has 0 radical (unpaired) electrons. The Bertz CT molecular complexity index is 779. The van der Waals surface area contributed by atoms with Gasteiger partial charge in [-0.15, -0.1) is 0 Å². The van der Waals surface area contributed by atoms with Crippen LogP contribution in [0.25, 0.3) is 11.3 Å². The van der Waals surface area contributed by atoms with Gasteiger partial charge in [-0.05, 0) is 12.1 Å². The van der Waals surface area contributed by atoms with Crippen molar-refractivity contribution in [2.24, 2.45) is 5.10 Å². The number of hydrogen-bond donors (Lipinski definition) is 2. The van der Waals surface area contributed by atoms with Gasteiger partial charge in [-0.25, -0.2) is 5.43 Å². The van der Waals surface area contributed by atoms with E-state index in [1.807, 2.05) is 48.5 Å². The molecule has 0 saturated heterocycles. The summed E-state index contributed by atoms with van der Waals surface area (Å²) < 4.78 is 0. The molecular weight excluding hydrogens is 276 g/mol. The Labute approximate surface area is 127 Å². The van der Waals surface area contributed by atoms with Gasteiger partial charge in [0.15, 0.2) is 0 Å². The third-order valence-electron chi connectivity index (χ3n) is 3.14. The van der Waals surface area contributed by atoms with Crippen LogP contribution in [0, 0.1) is 0 Å². The molecule has 5 nitrogen and oxygen atoms in total. The molecule has 0 saturated carbocycles. The Morgan fingerprint density at radius 1 is 1.05 bits per heavy atom. The zero-order chi connectivity index (χ0) is 15.2. The molecule has 3 aromatic rings. The fourth-order valence-electron chi connectivity index (χ4n) is 2.04. The van der Waals surface area contributed by atoms with E-state index >= 15 is 0 Å². The van der Waals surface area contributed by atoms with Crippen LogP contribution in [0.4, 0.5) is 0 Å². The molecule has 0 aliphatic heterocycles. The molecule has 1 aromatic heterocycles. The summed E-state index contributed by atoms with van der Waals surface area (Å²) in [7, 11) is 0. The van der Waals surface area contributed by atoms with Gasteiger partial charge in [-0.1, -0.05) is 48.5 Å². The van der Waals surface area contributed by atoms with Crippen LogP contribution in [0.1, 0.15) is 15.9 Å². The number of rotatable bonds is 4. The van der Waals surface area contributed by atoms with Gasteiger partial charge in [0, 0.05) is 16.7 Å². The van der Waals surface area contributed by atoms with E-state index in [2.05, 4.69) is 20.7 Å². The summed E-state index contributed by atoms with van der Waals surface area (Å²) in [6.45, 7) is 0. The predicted octanol–water partition coefficient (Wildman–Crippen LogP) is 2.84. The van der Waals surface area contributed by atoms with Crippen LogP contribution in [0.3, 0.4) is 0 Å². The number of benzene rings is 2. The number of carbonyl (C=O) groups excluding carboxylic acids is 1. The van der Waals surface area contributed by atoms with Gasteiger partial charge in [0.1, 0.15) is 0 Å². The minimum atomic E-state index is -0.249. The molecule has 0 aliphatic carbocycles. The number of hydrogen-bond acceptors (Lipinski definition) is 3. The standard InChI is InChI=1S/C17H14N4O/c22-17(14-9-5-2-6-10-14)21-19-12-15-11-18-20-16(15)13-7-3-1-4-8-13/h1-12H,(H,18,20)(H,21,22)/b19-12-. The highest BCUT2D eigenvalue weighted by atomic mass is 16.2. The average Bonchev–Trinajstić information content (AvgIpc) is 3.05. The highest BCUT2D eigenvalue weighted by molar-refractivity contribution is 5.95. The highest BCUT2D eigenvalue weighted by Crippen LogP contribution is 2.18. The second-order valence-corrected chi connectivity index (χ2v) is 4.63. The van der Waals surface area contributed by atoms with Crippen molar-refractivity contribution in [1.82, 2.24) is 15.6 Å². The van der Waals surface area contributed by atoms with Crippen LogP contribution in [0.2, 0.25) is 0 Å². The van der Waals surface area contributed by atoms with Gasteiger partial charge in [0.05, 0.1) is 18.1 Å². The van der Waals surface area contributed by atoms with Gasteiger partial charge < -0.3 is 0 Å². The molecule has 5 heteroatoms. The van der Waals surface area contributed by atoms with Crippen molar-refractivity contribution in [2.75, 3.05) is 0 Å². The van der Waals surface area contributed by atoms with E-state index in [4.69, 9.17) is 0 Å². The summed E-state index contributed by atoms with van der Waals surface area (Å²) in [5.74, 6) is -0.249. The smallest absolute Gasteiger partial charge is 0.271 e. The Hall–Kier alpha value is -3.21. The second-order valence-electron chi connectivity index (χ2n) is 4.63. The number of hydrazone groups is 1. The molecule has 0 spiro atoms. The van der Waals surface area contributed by atoms with E-state index in [0.717, 1.165) is 16.8 Å². The van der Waals surface area contributed by atoms with Crippen LogP contribution < -0.4 is 5.43 Å². The number of aromatic nitrogens is 2. The maximum atomic E-state index is 11.9. The number of nitrogens with zero attached hydrogens (tertiary/aromatic N) is 2. The first-order chi connectivity index (χ1) is 10.8. The van der Waals surface area contributed by atoms with Crippen molar-refractivity contribution in [3.63, 3.8) is 0 Å². The first kappa shape index (κ1) is 13.8. The van der Waals surface area contributed by atoms with Crippen LogP contribution >= 0.6 is 0 Å². The minimum absolute atomic E-state index is 0.249. The molecule has 2 aromatic carbocycles. The normalized spacial score (nSPS) is 10.7. The van der Waals surface area contributed by atoms with Gasteiger partial charge in [-0.2, -0.15) is 10.2 Å². The molecule has 3 rings (SSSR count). The zero-order valence-corrected chi connectivity index (χ0v) is 11.7. The SMILES string of the molecule is O=C(N/N=C\c1cn[nH]c1-c1ccccc1)c1ccccc1. The number of amides is 1. The molecular formula is C17H14N4O. The molecule has 0 bridgehead atoms. The monoisotopic (exact) mass is 290 g/mol. The number of H-pyrrole nitrogens is 1. The lowest BCUT2D eigenvalue weighted by atomic mass is 10.1. The van der Waals surface area contributed by atoms with E-state index in [1.54, 1.807) is 24.5 Å². The first-order valence-electron chi connectivity index (χ1n) is 6.82. The lowest BCUT2D eigenvalue weighted by Crippen LogP contribution is -2.17. The van der Waals surface area contributed by atoms with E-state index < -0.39 is 0 Å². The molecule has 0 atom stereocenters. The third kappa shape index (κ3) is 3.09. The molecule has 0 aliphatic rings. The largest absolute Gasteiger partial charge is 0.277 e. The second kappa shape index (κ2) is 6.49. The summed E-state index contributed by atoms with van der Waals surface area (Å²) in [4.78, 5) is 11.9. The van der Waals surface area contributed by atoms with Crippen molar-refractivity contribution < 1.29 is 4.79 Å². The Morgan fingerprint density at radius 3 is 2.45 bits per heavy atom. The maximum Gasteiger partial charge on any atom is 0.271 e. The summed E-state index contributed by atoms with van der Waals surface area (Å²) >= 11 is 0. The van der Waals surface area contributed by atoms with Gasteiger partial charge in [0.25, 0.3) is 5.91 Å². The fraction of sp³-hybridized carbons (Fsp3) is 0. The lowest BCUT2D eigenvalue weighted by Gasteiger charge is -2.00. The van der Waals surface area contributed by atoms with E-state index in [-0.39, 0.29) is 5.91 Å². The number of nitrogens with one attached hydrogen (secondary N) is 2. The summed E-state index contributed by atoms with van der Waals surface area (Å²) in [5, 5.41) is 11.0. The summed E-state index contributed by atoms with van der Waals surface area (Å²) in [6, 6.07) is 18.8. The molecule has 108 valence electrons. The predicted molar refractivity (Wildman–Crippen MR) is 85.5 cm³/mol. The molecule has 2 N–H and O–H groups in total. The first-order valence-corrected chi connectivity index (χ1v) is 6.82. The van der Waals surface area contributed by atoms with Gasteiger partial charge in [0.2, 0.25) is 0 Å². The Kier molecular flexibility index (Phi) is 4.06. The highest BCUT2D eigenvalue weighted by Gasteiger charge is 2.06. The van der Waals surface area contributed by atoms with Crippen LogP contribution in [0.15, 0.2) is 72.0 Å². The fourth-order valence-corrected chi connectivity index (χ4v) is 2.04. The van der Waals surface area contributed by atoms with Crippen molar-refractivity contribution in [1.29, 1.82) is 0 Å². The van der Waals surface area contributed by atoms with Gasteiger partial charge in [-0.3, -0.25) is 9.89 Å². The van der Waals surface area contributed by atoms with Crippen LogP contribution in [-0.4, -0.2) is 22.3 Å². The Morgan fingerprint density at radius 2 is 1.73 bits per heavy atom. The quantitative estimate of drug-likeness (QED) is 0.573. The van der Waals surface area contributed by atoms with Crippen LogP contribution in [0.5, 0.6) is 0 Å². The number of carbonyl (C=O) groups is 1. The molecule has 1 amide bonds. The number of aromatic amines is 1. The third-order valence-corrected chi connectivity index (χ3v) is 3.14. The average molecular weight is 290 g/mol. The van der Waals surface area contributed by atoms with Crippen molar-refractivity contribution in [3.8, 4) is 11.3 Å². The Balaban J connectivity index is 1.72. The van der Waals surface area contributed by atoms with E-state index in [9.17, 15) is 4.79 Å². The van der Waals surface area contributed by atoms with E-state index in [0.29, 0.717) is 5.56 Å². The van der Waals surface area contributed by atoms with Crippen molar-refractivity contribution in [3.05, 3.63) is 78.0 Å². The van der Waals surface area contributed by atoms with E-state index in [1.165, 1.54) is 0 Å². The lowest BCUT2D eigenvalue weighted by molar-refractivity contribution is 0.0955. The topological polar surface area (TPSA) is 70.1 Å².